The molecule has 0 amide bonds. The number of pyridine rings is 1. The Morgan fingerprint density at radius 3 is 3.07 bits per heavy atom. The predicted molar refractivity (Wildman–Crippen MR) is 49.1 cm³/mol. The van der Waals surface area contributed by atoms with Crippen molar-refractivity contribution in [2.24, 2.45) is 0 Å². The van der Waals surface area contributed by atoms with Gasteiger partial charge < -0.3 is 14.8 Å². The third-order valence-corrected chi connectivity index (χ3v) is 1.86. The minimum atomic E-state index is -0.493. The van der Waals surface area contributed by atoms with Crippen molar-refractivity contribution in [3.63, 3.8) is 0 Å². The highest BCUT2D eigenvalue weighted by molar-refractivity contribution is 5.90. The molecule has 0 aliphatic carbocycles. The van der Waals surface area contributed by atoms with E-state index < -0.39 is 5.97 Å². The Hall–Kier alpha value is -2.04. The number of rotatable bonds is 1. The number of ether oxygens (including phenoxy) is 1. The summed E-state index contributed by atoms with van der Waals surface area (Å²) in [6.45, 7) is 0. The lowest BCUT2D eigenvalue weighted by atomic mass is 10.3. The van der Waals surface area contributed by atoms with Crippen LogP contribution in [-0.4, -0.2) is 28.2 Å². The first-order valence-corrected chi connectivity index (χ1v) is 3.98. The SMILES string of the molecule is COC(=O)c1ccc2[nH]c(O)cc2n1. The molecular formula is C9H8N2O3. The molecule has 2 rings (SSSR count). The largest absolute Gasteiger partial charge is 0.495 e. The van der Waals surface area contributed by atoms with E-state index in [4.69, 9.17) is 5.11 Å². The first-order valence-electron chi connectivity index (χ1n) is 3.98. The van der Waals surface area contributed by atoms with Gasteiger partial charge in [0.05, 0.1) is 18.1 Å². The Morgan fingerprint density at radius 1 is 1.57 bits per heavy atom. The first-order chi connectivity index (χ1) is 6.70. The number of hydrogen-bond acceptors (Lipinski definition) is 4. The second-order valence-electron chi connectivity index (χ2n) is 2.78. The highest BCUT2D eigenvalue weighted by atomic mass is 16.5. The van der Waals surface area contributed by atoms with Crippen LogP contribution in [0.4, 0.5) is 0 Å². The van der Waals surface area contributed by atoms with E-state index >= 15 is 0 Å². The Bertz CT molecular complexity index is 490. The number of hydrogen-bond donors (Lipinski definition) is 2. The molecule has 5 heteroatoms. The Labute approximate surface area is 79.3 Å². The van der Waals surface area contributed by atoms with E-state index in [-0.39, 0.29) is 11.6 Å². The van der Waals surface area contributed by atoms with E-state index in [0.29, 0.717) is 11.0 Å². The second kappa shape index (κ2) is 3.02. The normalized spacial score (nSPS) is 10.4. The minimum Gasteiger partial charge on any atom is -0.495 e. The molecule has 5 nitrogen and oxygen atoms in total. The van der Waals surface area contributed by atoms with Crippen molar-refractivity contribution in [1.29, 1.82) is 0 Å². The van der Waals surface area contributed by atoms with Crippen LogP contribution in [-0.2, 0) is 4.74 Å². The molecule has 0 aliphatic heterocycles. The highest BCUT2D eigenvalue weighted by Gasteiger charge is 2.08. The second-order valence-corrected chi connectivity index (χ2v) is 2.78. The van der Waals surface area contributed by atoms with Crippen LogP contribution in [0.5, 0.6) is 5.88 Å². The molecule has 72 valence electrons. The van der Waals surface area contributed by atoms with Crippen molar-refractivity contribution in [1.82, 2.24) is 9.97 Å². The summed E-state index contributed by atoms with van der Waals surface area (Å²) in [5.41, 5.74) is 1.43. The summed E-state index contributed by atoms with van der Waals surface area (Å²) in [5.74, 6) is -0.470. The maximum absolute atomic E-state index is 11.1. The molecule has 2 aromatic rings. The number of nitrogens with zero attached hydrogens (tertiary/aromatic N) is 1. The van der Waals surface area contributed by atoms with Gasteiger partial charge in [0.1, 0.15) is 5.69 Å². The third kappa shape index (κ3) is 1.28. The van der Waals surface area contributed by atoms with Gasteiger partial charge in [0.25, 0.3) is 0 Å². The number of carbonyl (C=O) groups excluding carboxylic acids is 1. The van der Waals surface area contributed by atoms with Crippen LogP contribution in [0.1, 0.15) is 10.5 Å². The summed E-state index contributed by atoms with van der Waals surface area (Å²) in [4.78, 5) is 17.8. The number of aromatic hydroxyl groups is 1. The van der Waals surface area contributed by atoms with Gasteiger partial charge in [-0.15, -0.1) is 0 Å². The van der Waals surface area contributed by atoms with Gasteiger partial charge in [0.2, 0.25) is 0 Å². The minimum absolute atomic E-state index is 0.0227. The zero-order valence-corrected chi connectivity index (χ0v) is 7.44. The van der Waals surface area contributed by atoms with Crippen LogP contribution in [0, 0.1) is 0 Å². The fourth-order valence-electron chi connectivity index (χ4n) is 1.21. The maximum Gasteiger partial charge on any atom is 0.356 e. The average Bonchev–Trinajstić information content (AvgIpc) is 2.55. The standard InChI is InChI=1S/C9H8N2O3/c1-14-9(13)6-3-2-5-7(10-6)4-8(12)11-5/h2-4,11-12H,1H3. The zero-order valence-electron chi connectivity index (χ0n) is 7.44. The molecule has 0 atom stereocenters. The Morgan fingerprint density at radius 2 is 2.36 bits per heavy atom. The number of methoxy groups -OCH3 is 1. The number of fused-ring (bicyclic) bond motifs is 1. The molecule has 0 spiro atoms. The van der Waals surface area contributed by atoms with Crippen molar-refractivity contribution >= 4 is 17.0 Å². The van der Waals surface area contributed by atoms with Gasteiger partial charge in [-0.2, -0.15) is 0 Å². The number of aromatic nitrogens is 2. The summed E-state index contributed by atoms with van der Waals surface area (Å²) >= 11 is 0. The lowest BCUT2D eigenvalue weighted by Gasteiger charge is -1.96. The molecule has 0 bridgehead atoms. The molecule has 2 heterocycles. The molecule has 2 aromatic heterocycles. The summed E-state index contributed by atoms with van der Waals surface area (Å²) < 4.78 is 4.52. The molecule has 14 heavy (non-hydrogen) atoms. The topological polar surface area (TPSA) is 75.2 Å². The first kappa shape index (κ1) is 8.55. The zero-order chi connectivity index (χ0) is 10.1. The van der Waals surface area contributed by atoms with Gasteiger partial charge in [0.15, 0.2) is 5.88 Å². The molecular weight excluding hydrogens is 184 g/mol. The number of aromatic amines is 1. The fourth-order valence-corrected chi connectivity index (χ4v) is 1.21. The van der Waals surface area contributed by atoms with Gasteiger partial charge >= 0.3 is 5.97 Å². The van der Waals surface area contributed by atoms with Crippen molar-refractivity contribution in [3.8, 4) is 5.88 Å². The Kier molecular flexibility index (Phi) is 1.85. The fraction of sp³-hybridized carbons (Fsp3) is 0.111. The van der Waals surface area contributed by atoms with E-state index in [9.17, 15) is 4.79 Å². The predicted octanol–water partition coefficient (Wildman–Crippen LogP) is 1.06. The lowest BCUT2D eigenvalue weighted by molar-refractivity contribution is 0.0594. The molecule has 2 N–H and O–H groups in total. The molecule has 0 saturated carbocycles. The molecule has 0 unspecified atom stereocenters. The molecule has 0 fully saturated rings. The van der Waals surface area contributed by atoms with Gasteiger partial charge in [-0.3, -0.25) is 0 Å². The van der Waals surface area contributed by atoms with E-state index in [0.717, 1.165) is 0 Å². The molecule has 0 aromatic carbocycles. The molecule has 0 aliphatic rings. The summed E-state index contributed by atoms with van der Waals surface area (Å²) in [7, 11) is 1.29. The smallest absolute Gasteiger partial charge is 0.356 e. The van der Waals surface area contributed by atoms with Crippen LogP contribution in [0.15, 0.2) is 18.2 Å². The van der Waals surface area contributed by atoms with Crippen LogP contribution < -0.4 is 0 Å². The molecule has 0 saturated heterocycles. The number of H-pyrrole nitrogens is 1. The van der Waals surface area contributed by atoms with E-state index in [1.54, 1.807) is 6.07 Å². The summed E-state index contributed by atoms with van der Waals surface area (Å²) in [5, 5.41) is 9.13. The number of esters is 1. The van der Waals surface area contributed by atoms with Gasteiger partial charge in [-0.1, -0.05) is 0 Å². The van der Waals surface area contributed by atoms with Gasteiger partial charge in [-0.25, -0.2) is 9.78 Å². The number of carbonyl (C=O) groups is 1. The van der Waals surface area contributed by atoms with E-state index in [1.165, 1.54) is 19.2 Å². The van der Waals surface area contributed by atoms with E-state index in [2.05, 4.69) is 14.7 Å². The maximum atomic E-state index is 11.1. The number of nitrogens with one attached hydrogen (secondary N) is 1. The quantitative estimate of drug-likeness (QED) is 0.662. The van der Waals surface area contributed by atoms with Gasteiger partial charge in [-0.05, 0) is 12.1 Å². The summed E-state index contributed by atoms with van der Waals surface area (Å²) in [6.07, 6.45) is 0. The van der Waals surface area contributed by atoms with E-state index in [1.807, 2.05) is 0 Å². The van der Waals surface area contributed by atoms with Crippen LogP contribution >= 0.6 is 0 Å². The van der Waals surface area contributed by atoms with Crippen molar-refractivity contribution < 1.29 is 14.6 Å². The Balaban J connectivity index is 2.55. The van der Waals surface area contributed by atoms with Crippen LogP contribution in [0.25, 0.3) is 11.0 Å². The average molecular weight is 192 g/mol. The monoisotopic (exact) mass is 192 g/mol. The van der Waals surface area contributed by atoms with Crippen molar-refractivity contribution in [2.45, 2.75) is 0 Å². The van der Waals surface area contributed by atoms with Gasteiger partial charge in [0, 0.05) is 6.07 Å². The van der Waals surface area contributed by atoms with Crippen LogP contribution in [0.2, 0.25) is 0 Å². The van der Waals surface area contributed by atoms with Crippen molar-refractivity contribution in [2.75, 3.05) is 7.11 Å². The third-order valence-electron chi connectivity index (χ3n) is 1.86. The van der Waals surface area contributed by atoms with Crippen LogP contribution in [0.3, 0.4) is 0 Å². The highest BCUT2D eigenvalue weighted by Crippen LogP contribution is 2.17. The summed E-state index contributed by atoms with van der Waals surface area (Å²) in [6, 6.07) is 4.64. The lowest BCUT2D eigenvalue weighted by Crippen LogP contribution is -2.03. The molecule has 0 radical (unpaired) electrons. The van der Waals surface area contributed by atoms with Crippen molar-refractivity contribution in [3.05, 3.63) is 23.9 Å².